The van der Waals surface area contributed by atoms with E-state index in [9.17, 15) is 23.3 Å². The summed E-state index contributed by atoms with van der Waals surface area (Å²) < 4.78 is 26.0. The highest BCUT2D eigenvalue weighted by Crippen LogP contribution is 2.31. The molecule has 0 saturated carbocycles. The third kappa shape index (κ3) is 5.56. The molecule has 3 aromatic rings. The SMILES string of the molecule is CN(C)CCN(C(=O)CS(=O)(=O)c1ccc(Cl)cc1)c1nc2ccc([N+](=O)[O-])cc2s1. The molecule has 1 heterocycles. The molecule has 3 rings (SSSR count). The summed E-state index contributed by atoms with van der Waals surface area (Å²) in [5.74, 6) is -1.37. The number of hydrogen-bond acceptors (Lipinski definition) is 8. The Morgan fingerprint density at radius 1 is 1.16 bits per heavy atom. The predicted molar refractivity (Wildman–Crippen MR) is 121 cm³/mol. The van der Waals surface area contributed by atoms with Crippen molar-refractivity contribution in [3.63, 3.8) is 0 Å². The number of anilines is 1. The van der Waals surface area contributed by atoms with Crippen molar-refractivity contribution < 1.29 is 18.1 Å². The van der Waals surface area contributed by atoms with E-state index in [1.54, 1.807) is 0 Å². The van der Waals surface area contributed by atoms with Gasteiger partial charge < -0.3 is 4.90 Å². The van der Waals surface area contributed by atoms with Gasteiger partial charge in [0, 0.05) is 30.2 Å². The van der Waals surface area contributed by atoms with Gasteiger partial charge in [0.05, 0.1) is 20.0 Å². The molecule has 0 fully saturated rings. The Kier molecular flexibility index (Phi) is 6.90. The molecule has 0 aliphatic heterocycles. The quantitative estimate of drug-likeness (QED) is 0.357. The average molecular weight is 483 g/mol. The first-order valence-corrected chi connectivity index (χ1v) is 11.9. The molecular formula is C19H19ClN4O5S2. The van der Waals surface area contributed by atoms with E-state index in [2.05, 4.69) is 4.98 Å². The number of hydrogen-bond donors (Lipinski definition) is 0. The first-order valence-electron chi connectivity index (χ1n) is 9.05. The minimum Gasteiger partial charge on any atom is -0.308 e. The minimum atomic E-state index is -3.89. The number of nitro groups is 1. The van der Waals surface area contributed by atoms with Crippen LogP contribution in [0.1, 0.15) is 0 Å². The number of carbonyl (C=O) groups is 1. The summed E-state index contributed by atoms with van der Waals surface area (Å²) in [6.07, 6.45) is 0. The number of benzene rings is 2. The van der Waals surface area contributed by atoms with Gasteiger partial charge in [-0.3, -0.25) is 19.8 Å². The van der Waals surface area contributed by atoms with Crippen molar-refractivity contribution in [1.29, 1.82) is 0 Å². The fraction of sp³-hybridized carbons (Fsp3) is 0.263. The Morgan fingerprint density at radius 3 is 2.45 bits per heavy atom. The molecule has 12 heteroatoms. The molecule has 9 nitrogen and oxygen atoms in total. The minimum absolute atomic E-state index is 0.00210. The maximum Gasteiger partial charge on any atom is 0.270 e. The van der Waals surface area contributed by atoms with E-state index in [1.165, 1.54) is 47.4 Å². The lowest BCUT2D eigenvalue weighted by Crippen LogP contribution is -2.40. The number of fused-ring (bicyclic) bond motifs is 1. The lowest BCUT2D eigenvalue weighted by molar-refractivity contribution is -0.384. The van der Waals surface area contributed by atoms with E-state index in [0.29, 0.717) is 21.8 Å². The van der Waals surface area contributed by atoms with E-state index in [1.807, 2.05) is 19.0 Å². The van der Waals surface area contributed by atoms with Gasteiger partial charge in [-0.2, -0.15) is 0 Å². The van der Waals surface area contributed by atoms with Gasteiger partial charge in [0.1, 0.15) is 5.75 Å². The van der Waals surface area contributed by atoms with E-state index in [0.717, 1.165) is 11.3 Å². The van der Waals surface area contributed by atoms with Crippen LogP contribution in [-0.2, 0) is 14.6 Å². The highest BCUT2D eigenvalue weighted by atomic mass is 35.5. The molecular weight excluding hydrogens is 464 g/mol. The fourth-order valence-corrected chi connectivity index (χ4v) is 5.09. The number of carbonyl (C=O) groups excluding carboxylic acids is 1. The van der Waals surface area contributed by atoms with Crippen LogP contribution in [0.5, 0.6) is 0 Å². The van der Waals surface area contributed by atoms with Crippen molar-refractivity contribution in [1.82, 2.24) is 9.88 Å². The summed E-state index contributed by atoms with van der Waals surface area (Å²) in [6, 6.07) is 9.83. The van der Waals surface area contributed by atoms with Gasteiger partial charge in [-0.25, -0.2) is 13.4 Å². The van der Waals surface area contributed by atoms with Crippen molar-refractivity contribution in [2.24, 2.45) is 0 Å². The van der Waals surface area contributed by atoms with Crippen molar-refractivity contribution in [2.45, 2.75) is 4.90 Å². The van der Waals surface area contributed by atoms with E-state index < -0.39 is 26.4 Å². The molecule has 1 aromatic heterocycles. The standard InChI is InChI=1S/C19H19ClN4O5S2/c1-22(2)9-10-23(18(25)12-31(28,29)15-6-3-13(20)4-7-15)19-21-16-8-5-14(24(26)27)11-17(16)30-19/h3-8,11H,9-10,12H2,1-2H3. The maximum absolute atomic E-state index is 13.0. The Balaban J connectivity index is 1.92. The van der Waals surface area contributed by atoms with Crippen molar-refractivity contribution in [3.8, 4) is 0 Å². The van der Waals surface area contributed by atoms with Crippen molar-refractivity contribution >= 4 is 59.7 Å². The fourth-order valence-electron chi connectivity index (χ4n) is 2.72. The molecule has 1 amide bonds. The number of non-ortho nitro benzene ring substituents is 1. The third-order valence-corrected chi connectivity index (χ3v) is 7.27. The number of rotatable bonds is 8. The van der Waals surface area contributed by atoms with Gasteiger partial charge in [-0.15, -0.1) is 0 Å². The summed E-state index contributed by atoms with van der Waals surface area (Å²) in [5.41, 5.74) is 0.410. The molecule has 0 aliphatic carbocycles. The zero-order chi connectivity index (χ0) is 22.8. The number of nitrogens with zero attached hydrogens (tertiary/aromatic N) is 4. The molecule has 0 atom stereocenters. The number of halogens is 1. The molecule has 0 spiro atoms. The van der Waals surface area contributed by atoms with Gasteiger partial charge >= 0.3 is 0 Å². The van der Waals surface area contributed by atoms with Crippen molar-refractivity contribution in [2.75, 3.05) is 37.8 Å². The molecule has 31 heavy (non-hydrogen) atoms. The summed E-state index contributed by atoms with van der Waals surface area (Å²) in [5, 5.41) is 11.7. The zero-order valence-corrected chi connectivity index (χ0v) is 19.1. The molecule has 0 bridgehead atoms. The van der Waals surface area contributed by atoms with Crippen LogP contribution in [-0.4, -0.2) is 62.1 Å². The van der Waals surface area contributed by atoms with Crippen LogP contribution in [0.2, 0.25) is 5.02 Å². The first-order chi connectivity index (χ1) is 14.6. The molecule has 2 aromatic carbocycles. The Bertz CT molecular complexity index is 1230. The normalized spacial score (nSPS) is 11.7. The Labute approximate surface area is 187 Å². The van der Waals surface area contributed by atoms with E-state index >= 15 is 0 Å². The van der Waals surface area contributed by atoms with Gasteiger partial charge in [-0.1, -0.05) is 22.9 Å². The second kappa shape index (κ2) is 9.27. The Hall–Kier alpha value is -2.60. The highest BCUT2D eigenvalue weighted by Gasteiger charge is 2.27. The van der Waals surface area contributed by atoms with Gasteiger partial charge in [-0.05, 0) is 44.4 Å². The van der Waals surface area contributed by atoms with Crippen LogP contribution in [0.3, 0.4) is 0 Å². The summed E-state index contributed by atoms with van der Waals surface area (Å²) in [6.45, 7) is 0.687. The number of aromatic nitrogens is 1. The number of thiazole rings is 1. The highest BCUT2D eigenvalue weighted by molar-refractivity contribution is 7.92. The molecule has 164 valence electrons. The number of amides is 1. The number of likely N-dealkylation sites (N-methyl/N-ethyl adjacent to an activating group) is 1. The number of sulfone groups is 1. The van der Waals surface area contributed by atoms with E-state index in [-0.39, 0.29) is 22.3 Å². The van der Waals surface area contributed by atoms with Gasteiger partial charge in [0.15, 0.2) is 15.0 Å². The predicted octanol–water partition coefficient (Wildman–Crippen LogP) is 3.23. The van der Waals surface area contributed by atoms with Gasteiger partial charge in [0.2, 0.25) is 5.91 Å². The van der Waals surface area contributed by atoms with Crippen LogP contribution < -0.4 is 4.90 Å². The monoisotopic (exact) mass is 482 g/mol. The Morgan fingerprint density at radius 2 is 1.84 bits per heavy atom. The maximum atomic E-state index is 13.0. The van der Waals surface area contributed by atoms with E-state index in [4.69, 9.17) is 11.6 Å². The van der Waals surface area contributed by atoms with Crippen LogP contribution >= 0.6 is 22.9 Å². The number of nitro benzene ring substituents is 1. The van der Waals surface area contributed by atoms with Crippen LogP contribution in [0.25, 0.3) is 10.2 Å². The largest absolute Gasteiger partial charge is 0.308 e. The summed E-state index contributed by atoms with van der Waals surface area (Å²) in [7, 11) is -0.235. The van der Waals surface area contributed by atoms with Crippen LogP contribution in [0, 0.1) is 10.1 Å². The summed E-state index contributed by atoms with van der Waals surface area (Å²) >= 11 is 6.91. The lowest BCUT2D eigenvalue weighted by atomic mass is 10.3. The lowest BCUT2D eigenvalue weighted by Gasteiger charge is -2.22. The second-order valence-corrected chi connectivity index (χ2v) is 10.4. The van der Waals surface area contributed by atoms with Crippen LogP contribution in [0.15, 0.2) is 47.4 Å². The molecule has 0 unspecified atom stereocenters. The molecule has 0 aliphatic rings. The third-order valence-electron chi connectivity index (χ3n) is 4.36. The van der Waals surface area contributed by atoms with Gasteiger partial charge in [0.25, 0.3) is 5.69 Å². The molecule has 0 saturated heterocycles. The average Bonchev–Trinajstić information content (AvgIpc) is 3.10. The summed E-state index contributed by atoms with van der Waals surface area (Å²) in [4.78, 5) is 31.1. The van der Waals surface area contributed by atoms with Crippen LogP contribution in [0.4, 0.5) is 10.8 Å². The molecule has 0 N–H and O–H groups in total. The first kappa shape index (κ1) is 23.1. The smallest absolute Gasteiger partial charge is 0.270 e. The van der Waals surface area contributed by atoms with Crippen molar-refractivity contribution in [3.05, 3.63) is 57.6 Å². The zero-order valence-electron chi connectivity index (χ0n) is 16.7. The second-order valence-electron chi connectivity index (χ2n) is 6.97. The topological polar surface area (TPSA) is 114 Å². The molecule has 0 radical (unpaired) electrons.